The number of anilines is 2. The van der Waals surface area contributed by atoms with Gasteiger partial charge in [0, 0.05) is 48.3 Å². The van der Waals surface area contributed by atoms with Gasteiger partial charge in [-0.05, 0) is 51.5 Å². The molecular formula is C23H28N6O4S. The maximum atomic E-state index is 12.6. The first kappa shape index (κ1) is 23.7. The van der Waals surface area contributed by atoms with Gasteiger partial charge in [-0.15, -0.1) is 0 Å². The van der Waals surface area contributed by atoms with Gasteiger partial charge >= 0.3 is 0 Å². The van der Waals surface area contributed by atoms with E-state index in [2.05, 4.69) is 25.3 Å². The Bertz CT molecular complexity index is 1360. The molecule has 1 aliphatic heterocycles. The molecule has 0 atom stereocenters. The summed E-state index contributed by atoms with van der Waals surface area (Å²) in [5.74, 6) is 0.453. The van der Waals surface area contributed by atoms with E-state index in [0.29, 0.717) is 36.1 Å². The van der Waals surface area contributed by atoms with E-state index in [1.165, 1.54) is 13.2 Å². The minimum Gasteiger partial charge on any atom is -0.495 e. The van der Waals surface area contributed by atoms with Crippen molar-refractivity contribution in [2.24, 2.45) is 0 Å². The van der Waals surface area contributed by atoms with Crippen LogP contribution in [0.5, 0.6) is 5.75 Å². The Morgan fingerprint density at radius 2 is 1.97 bits per heavy atom. The highest BCUT2D eigenvalue weighted by molar-refractivity contribution is 7.89. The van der Waals surface area contributed by atoms with Gasteiger partial charge in [0.25, 0.3) is 5.91 Å². The summed E-state index contributed by atoms with van der Waals surface area (Å²) in [4.78, 5) is 21.4. The van der Waals surface area contributed by atoms with E-state index in [1.54, 1.807) is 38.2 Å². The molecule has 11 heteroatoms. The van der Waals surface area contributed by atoms with E-state index in [4.69, 9.17) is 4.74 Å². The van der Waals surface area contributed by atoms with Crippen LogP contribution in [0.3, 0.4) is 0 Å². The molecule has 0 radical (unpaired) electrons. The largest absolute Gasteiger partial charge is 0.495 e. The van der Waals surface area contributed by atoms with Crippen LogP contribution >= 0.6 is 0 Å². The predicted octanol–water partition coefficient (Wildman–Crippen LogP) is 2.74. The first-order chi connectivity index (χ1) is 16.1. The van der Waals surface area contributed by atoms with Crippen molar-refractivity contribution in [1.29, 1.82) is 0 Å². The van der Waals surface area contributed by atoms with Gasteiger partial charge in [0.15, 0.2) is 0 Å². The molecule has 0 aliphatic carbocycles. The molecule has 1 aromatic carbocycles. The minimum atomic E-state index is -3.72. The molecule has 0 bridgehead atoms. The Morgan fingerprint density at radius 1 is 1.21 bits per heavy atom. The van der Waals surface area contributed by atoms with Crippen LogP contribution in [-0.4, -0.2) is 48.6 Å². The fraction of sp³-hybridized carbons (Fsp3) is 0.348. The molecule has 3 N–H and O–H groups in total. The number of fused-ring (bicyclic) bond motifs is 1. The van der Waals surface area contributed by atoms with E-state index in [-0.39, 0.29) is 22.6 Å². The summed E-state index contributed by atoms with van der Waals surface area (Å²) >= 11 is 0. The molecule has 3 heterocycles. The number of carbonyl (C=O) groups excluding carboxylic acids is 1. The van der Waals surface area contributed by atoms with Crippen molar-refractivity contribution >= 4 is 27.6 Å². The second-order valence-corrected chi connectivity index (χ2v) is 10.1. The zero-order valence-electron chi connectivity index (χ0n) is 19.8. The molecule has 1 amide bonds. The van der Waals surface area contributed by atoms with Gasteiger partial charge in [-0.1, -0.05) is 0 Å². The number of aromatic nitrogens is 3. The molecular weight excluding hydrogens is 456 g/mol. The molecule has 180 valence electrons. The second-order valence-electron chi connectivity index (χ2n) is 8.37. The first-order valence-corrected chi connectivity index (χ1v) is 12.4. The Kier molecular flexibility index (Phi) is 6.32. The lowest BCUT2D eigenvalue weighted by Gasteiger charge is -2.17. The fourth-order valence-corrected chi connectivity index (χ4v) is 5.64. The number of amides is 1. The van der Waals surface area contributed by atoms with E-state index >= 15 is 0 Å². The molecule has 2 aromatic heterocycles. The standard InChI is InChI=1S/C23H28N6O4S/c1-13(2)28-34(31,32)19-7-6-16(12-18(19)33-5)26-23-25-9-8-17(27-23)20-14(3)21-22(30)24-10-11-29(21)15(20)4/h6-9,12-13,28H,10-11H2,1-5H3,(H,24,30)(H,25,26,27). The molecule has 0 saturated heterocycles. The second kappa shape index (κ2) is 9.07. The molecule has 0 spiro atoms. The van der Waals surface area contributed by atoms with Gasteiger partial charge in [0.05, 0.1) is 12.8 Å². The lowest BCUT2D eigenvalue weighted by molar-refractivity contribution is 0.0926. The lowest BCUT2D eigenvalue weighted by atomic mass is 10.1. The van der Waals surface area contributed by atoms with Crippen LogP contribution < -0.4 is 20.1 Å². The quantitative estimate of drug-likeness (QED) is 0.470. The molecule has 0 unspecified atom stereocenters. The van der Waals surface area contributed by atoms with E-state index < -0.39 is 10.0 Å². The van der Waals surface area contributed by atoms with Crippen LogP contribution in [0.4, 0.5) is 11.6 Å². The first-order valence-electron chi connectivity index (χ1n) is 10.9. The maximum Gasteiger partial charge on any atom is 0.268 e. The van der Waals surface area contributed by atoms with E-state index in [9.17, 15) is 13.2 Å². The number of benzene rings is 1. The van der Waals surface area contributed by atoms with Crippen LogP contribution in [0.25, 0.3) is 11.3 Å². The van der Waals surface area contributed by atoms with E-state index in [0.717, 1.165) is 16.8 Å². The minimum absolute atomic E-state index is 0.0489. The summed E-state index contributed by atoms with van der Waals surface area (Å²) < 4.78 is 35.1. The van der Waals surface area contributed by atoms with Gasteiger partial charge in [0.1, 0.15) is 16.3 Å². The van der Waals surface area contributed by atoms with Crippen LogP contribution in [0.15, 0.2) is 35.4 Å². The monoisotopic (exact) mass is 484 g/mol. The number of ether oxygens (including phenoxy) is 1. The van der Waals surface area contributed by atoms with E-state index in [1.807, 2.05) is 18.4 Å². The molecule has 3 aromatic rings. The Balaban J connectivity index is 1.66. The topological polar surface area (TPSA) is 127 Å². The van der Waals surface area contributed by atoms with Gasteiger partial charge < -0.3 is 19.9 Å². The third kappa shape index (κ3) is 4.36. The van der Waals surface area contributed by atoms with Gasteiger partial charge in [0.2, 0.25) is 16.0 Å². The third-order valence-corrected chi connectivity index (χ3v) is 7.31. The molecule has 0 fully saturated rings. The number of methoxy groups -OCH3 is 1. The third-order valence-electron chi connectivity index (χ3n) is 5.61. The molecule has 10 nitrogen and oxygen atoms in total. The number of hydrogen-bond acceptors (Lipinski definition) is 7. The zero-order chi connectivity index (χ0) is 24.6. The average Bonchev–Trinajstić information content (AvgIpc) is 3.04. The SMILES string of the molecule is COc1cc(Nc2nccc(-c3c(C)c4n(c3C)CCNC4=O)n2)ccc1S(=O)(=O)NC(C)C. The highest BCUT2D eigenvalue weighted by Gasteiger charge is 2.27. The lowest BCUT2D eigenvalue weighted by Crippen LogP contribution is -2.35. The molecule has 4 rings (SSSR count). The molecule has 0 saturated carbocycles. The summed E-state index contributed by atoms with van der Waals surface area (Å²) in [7, 11) is -2.30. The summed E-state index contributed by atoms with van der Waals surface area (Å²) in [5.41, 5.74) is 4.66. The number of sulfonamides is 1. The highest BCUT2D eigenvalue weighted by atomic mass is 32.2. The maximum absolute atomic E-state index is 12.6. The average molecular weight is 485 g/mol. The van der Waals surface area contributed by atoms with Crippen LogP contribution in [-0.2, 0) is 16.6 Å². The van der Waals surface area contributed by atoms with Crippen LogP contribution in [0, 0.1) is 13.8 Å². The smallest absolute Gasteiger partial charge is 0.268 e. The van der Waals surface area contributed by atoms with Crippen molar-refractivity contribution < 1.29 is 17.9 Å². The fourth-order valence-electron chi connectivity index (χ4n) is 4.24. The summed E-state index contributed by atoms with van der Waals surface area (Å²) in [6.45, 7) is 8.71. The number of carbonyl (C=O) groups is 1. The van der Waals surface area contributed by atoms with Crippen LogP contribution in [0.2, 0.25) is 0 Å². The number of hydrogen-bond donors (Lipinski definition) is 3. The van der Waals surface area contributed by atoms with Gasteiger partial charge in [-0.3, -0.25) is 4.79 Å². The normalized spacial score (nSPS) is 13.5. The van der Waals surface area contributed by atoms with Crippen molar-refractivity contribution in [1.82, 2.24) is 24.6 Å². The Hall–Kier alpha value is -3.44. The molecule has 1 aliphatic rings. The predicted molar refractivity (Wildman–Crippen MR) is 129 cm³/mol. The molecule has 34 heavy (non-hydrogen) atoms. The summed E-state index contributed by atoms with van der Waals surface area (Å²) in [6.07, 6.45) is 1.64. The van der Waals surface area contributed by atoms with Crippen molar-refractivity contribution in [2.75, 3.05) is 19.0 Å². The number of rotatable bonds is 7. The zero-order valence-corrected chi connectivity index (χ0v) is 20.6. The van der Waals surface area contributed by atoms with Crippen LogP contribution in [0.1, 0.15) is 35.6 Å². The van der Waals surface area contributed by atoms with Crippen molar-refractivity contribution in [3.8, 4) is 17.0 Å². The van der Waals surface area contributed by atoms with Crippen molar-refractivity contribution in [2.45, 2.75) is 45.2 Å². The number of nitrogens with zero attached hydrogens (tertiary/aromatic N) is 3. The summed E-state index contributed by atoms with van der Waals surface area (Å²) in [5, 5.41) is 6.00. The van der Waals surface area contributed by atoms with Gasteiger partial charge in [-0.2, -0.15) is 0 Å². The number of nitrogens with one attached hydrogen (secondary N) is 3. The van der Waals surface area contributed by atoms with Gasteiger partial charge in [-0.25, -0.2) is 23.1 Å². The highest BCUT2D eigenvalue weighted by Crippen LogP contribution is 2.33. The summed E-state index contributed by atoms with van der Waals surface area (Å²) in [6, 6.07) is 6.25. The van der Waals surface area contributed by atoms with Crippen molar-refractivity contribution in [3.63, 3.8) is 0 Å². The van der Waals surface area contributed by atoms with Crippen molar-refractivity contribution in [3.05, 3.63) is 47.4 Å². The Morgan fingerprint density at radius 3 is 2.65 bits per heavy atom. The Labute approximate surface area is 198 Å².